The summed E-state index contributed by atoms with van der Waals surface area (Å²) in [6.07, 6.45) is 0.741. The summed E-state index contributed by atoms with van der Waals surface area (Å²) in [6, 6.07) is 3.86. The van der Waals surface area contributed by atoms with E-state index in [1.165, 1.54) is 18.2 Å². The number of ether oxygens (including phenoxy) is 1. The first-order chi connectivity index (χ1) is 9.86. The summed E-state index contributed by atoms with van der Waals surface area (Å²) < 4.78 is 5.39. The fourth-order valence-corrected chi connectivity index (χ4v) is 1.83. The van der Waals surface area contributed by atoms with E-state index < -0.39 is 16.9 Å². The highest BCUT2D eigenvalue weighted by molar-refractivity contribution is 5.83. The number of nitrogens with two attached hydrogens (primary N) is 1. The molecule has 0 saturated heterocycles. The van der Waals surface area contributed by atoms with Crippen molar-refractivity contribution in [3.8, 4) is 5.75 Å². The van der Waals surface area contributed by atoms with Gasteiger partial charge >= 0.3 is 5.69 Å². The third-order valence-electron chi connectivity index (χ3n) is 2.91. The summed E-state index contributed by atoms with van der Waals surface area (Å²) in [5.41, 5.74) is 5.80. The maximum Gasteiger partial charge on any atom is 0.311 e. The van der Waals surface area contributed by atoms with Crippen molar-refractivity contribution in [2.24, 2.45) is 11.7 Å². The molecular formula is C14H21N3O4. The minimum Gasteiger partial charge on any atom is -0.487 e. The predicted molar refractivity (Wildman–Crippen MR) is 80.3 cm³/mol. The van der Waals surface area contributed by atoms with Crippen molar-refractivity contribution < 1.29 is 14.5 Å². The van der Waals surface area contributed by atoms with Crippen molar-refractivity contribution in [1.29, 1.82) is 0 Å². The van der Waals surface area contributed by atoms with Crippen molar-refractivity contribution >= 4 is 17.3 Å². The number of nitrogens with one attached hydrogen (secondary N) is 1. The fourth-order valence-electron chi connectivity index (χ4n) is 1.83. The highest BCUT2D eigenvalue weighted by Gasteiger charge is 2.21. The standard InChI is InChI=1S/C14H21N3O4/c1-4-7-21-12-8-10(5-6-11(12)17(19)20)16-13(9(2)3)14(15)18/h5-6,8-9,13,16H,4,7H2,1-3H3,(H2,15,18). The van der Waals surface area contributed by atoms with Crippen LogP contribution in [-0.2, 0) is 4.79 Å². The van der Waals surface area contributed by atoms with E-state index in [0.29, 0.717) is 12.3 Å². The highest BCUT2D eigenvalue weighted by atomic mass is 16.6. The SMILES string of the molecule is CCCOc1cc(NC(C(N)=O)C(C)C)ccc1[N+](=O)[O-]. The van der Waals surface area contributed by atoms with Crippen molar-refractivity contribution in [2.45, 2.75) is 33.2 Å². The van der Waals surface area contributed by atoms with Crippen LogP contribution in [0.15, 0.2) is 18.2 Å². The molecule has 3 N–H and O–H groups in total. The number of anilines is 1. The lowest BCUT2D eigenvalue weighted by atomic mass is 10.0. The van der Waals surface area contributed by atoms with Gasteiger partial charge in [-0.1, -0.05) is 20.8 Å². The van der Waals surface area contributed by atoms with Crippen molar-refractivity contribution in [3.63, 3.8) is 0 Å². The van der Waals surface area contributed by atoms with E-state index in [9.17, 15) is 14.9 Å². The van der Waals surface area contributed by atoms with Gasteiger partial charge in [-0.3, -0.25) is 14.9 Å². The van der Waals surface area contributed by atoms with E-state index in [-0.39, 0.29) is 17.4 Å². The Morgan fingerprint density at radius 1 is 1.48 bits per heavy atom. The van der Waals surface area contributed by atoms with Crippen molar-refractivity contribution in [3.05, 3.63) is 28.3 Å². The maximum atomic E-state index is 11.4. The van der Waals surface area contributed by atoms with Gasteiger partial charge in [-0.25, -0.2) is 0 Å². The number of hydrogen-bond donors (Lipinski definition) is 2. The molecule has 0 spiro atoms. The number of nitro groups is 1. The molecule has 0 aliphatic carbocycles. The van der Waals surface area contributed by atoms with Crippen molar-refractivity contribution in [1.82, 2.24) is 0 Å². The van der Waals surface area contributed by atoms with Crippen LogP contribution in [0.25, 0.3) is 0 Å². The number of nitro benzene ring substituents is 1. The number of amides is 1. The quantitative estimate of drug-likeness (QED) is 0.565. The van der Waals surface area contributed by atoms with Gasteiger partial charge in [0.2, 0.25) is 5.91 Å². The Labute approximate surface area is 123 Å². The van der Waals surface area contributed by atoms with E-state index in [2.05, 4.69) is 5.32 Å². The topological polar surface area (TPSA) is 107 Å². The largest absolute Gasteiger partial charge is 0.487 e. The number of primary amides is 1. The van der Waals surface area contributed by atoms with Crippen LogP contribution in [0.4, 0.5) is 11.4 Å². The Morgan fingerprint density at radius 2 is 2.14 bits per heavy atom. The molecule has 1 atom stereocenters. The molecule has 1 amide bonds. The molecule has 1 rings (SSSR count). The van der Waals surface area contributed by atoms with Crippen molar-refractivity contribution in [2.75, 3.05) is 11.9 Å². The molecule has 7 nitrogen and oxygen atoms in total. The zero-order valence-corrected chi connectivity index (χ0v) is 12.5. The molecule has 0 saturated carbocycles. The molecule has 0 aromatic heterocycles. The lowest BCUT2D eigenvalue weighted by Crippen LogP contribution is -2.39. The Kier molecular flexibility index (Phi) is 5.95. The Bertz CT molecular complexity index is 517. The number of hydrogen-bond acceptors (Lipinski definition) is 5. The van der Waals surface area contributed by atoms with Gasteiger partial charge in [-0.15, -0.1) is 0 Å². The molecule has 0 fully saturated rings. The minimum absolute atomic E-state index is 0.00213. The second-order valence-corrected chi connectivity index (χ2v) is 5.06. The normalized spacial score (nSPS) is 12.0. The van der Waals surface area contributed by atoms with Crippen LogP contribution in [-0.4, -0.2) is 23.5 Å². The van der Waals surface area contributed by atoms with Crippen LogP contribution in [0, 0.1) is 16.0 Å². The third kappa shape index (κ3) is 4.62. The van der Waals surface area contributed by atoms with Gasteiger partial charge in [0.15, 0.2) is 5.75 Å². The van der Waals surface area contributed by atoms with E-state index in [1.807, 2.05) is 20.8 Å². The van der Waals surface area contributed by atoms with Gasteiger partial charge in [0.25, 0.3) is 0 Å². The molecule has 1 unspecified atom stereocenters. The summed E-state index contributed by atoms with van der Waals surface area (Å²) in [4.78, 5) is 21.9. The van der Waals surface area contributed by atoms with Crippen LogP contribution in [0.5, 0.6) is 5.75 Å². The average Bonchev–Trinajstić information content (AvgIpc) is 2.41. The molecule has 21 heavy (non-hydrogen) atoms. The maximum absolute atomic E-state index is 11.4. The molecule has 0 heterocycles. The van der Waals surface area contributed by atoms with Gasteiger partial charge in [-0.2, -0.15) is 0 Å². The first kappa shape index (κ1) is 16.7. The molecular weight excluding hydrogens is 274 g/mol. The second-order valence-electron chi connectivity index (χ2n) is 5.06. The summed E-state index contributed by atoms with van der Waals surface area (Å²) in [6.45, 7) is 6.02. The molecule has 116 valence electrons. The Balaban J connectivity index is 3.03. The van der Waals surface area contributed by atoms with E-state index in [1.54, 1.807) is 0 Å². The van der Waals surface area contributed by atoms with Gasteiger partial charge in [0, 0.05) is 17.8 Å². The first-order valence-corrected chi connectivity index (χ1v) is 6.83. The second kappa shape index (κ2) is 7.47. The van der Waals surface area contributed by atoms with Crippen LogP contribution >= 0.6 is 0 Å². The van der Waals surface area contributed by atoms with Crippen LogP contribution in [0.2, 0.25) is 0 Å². The summed E-state index contributed by atoms with van der Waals surface area (Å²) in [7, 11) is 0. The molecule has 7 heteroatoms. The molecule has 0 bridgehead atoms. The summed E-state index contributed by atoms with van der Waals surface area (Å²) >= 11 is 0. The van der Waals surface area contributed by atoms with Gasteiger partial charge in [0.05, 0.1) is 11.5 Å². The number of nitrogens with zero attached hydrogens (tertiary/aromatic N) is 1. The minimum atomic E-state index is -0.550. The number of rotatable bonds is 8. The van der Waals surface area contributed by atoms with Gasteiger partial charge in [0.1, 0.15) is 6.04 Å². The highest BCUT2D eigenvalue weighted by Crippen LogP contribution is 2.30. The molecule has 1 aromatic carbocycles. The van der Waals surface area contributed by atoms with Gasteiger partial charge < -0.3 is 15.8 Å². The summed E-state index contributed by atoms with van der Waals surface area (Å²) in [5.74, 6) is -0.295. The van der Waals surface area contributed by atoms with E-state index in [4.69, 9.17) is 10.5 Å². The number of carbonyl (C=O) groups excluding carboxylic acids is 1. The van der Waals surface area contributed by atoms with Crippen LogP contribution in [0.3, 0.4) is 0 Å². The Hall–Kier alpha value is -2.31. The van der Waals surface area contributed by atoms with E-state index in [0.717, 1.165) is 6.42 Å². The molecule has 1 aromatic rings. The Morgan fingerprint density at radius 3 is 2.62 bits per heavy atom. The smallest absolute Gasteiger partial charge is 0.311 e. The van der Waals surface area contributed by atoms with Gasteiger partial charge in [-0.05, 0) is 18.4 Å². The third-order valence-corrected chi connectivity index (χ3v) is 2.91. The van der Waals surface area contributed by atoms with Crippen LogP contribution in [0.1, 0.15) is 27.2 Å². The van der Waals surface area contributed by atoms with E-state index >= 15 is 0 Å². The molecule has 0 radical (unpaired) electrons. The lowest BCUT2D eigenvalue weighted by molar-refractivity contribution is -0.385. The predicted octanol–water partition coefficient (Wildman–Crippen LogP) is 2.31. The first-order valence-electron chi connectivity index (χ1n) is 6.83. The van der Waals surface area contributed by atoms with Crippen LogP contribution < -0.4 is 15.8 Å². The summed E-state index contributed by atoms with van der Waals surface area (Å²) in [5, 5.41) is 13.9. The monoisotopic (exact) mass is 295 g/mol. The zero-order chi connectivity index (χ0) is 16.0. The fraction of sp³-hybridized carbons (Fsp3) is 0.500. The average molecular weight is 295 g/mol. The zero-order valence-electron chi connectivity index (χ0n) is 12.5. The number of carbonyl (C=O) groups is 1. The molecule has 0 aliphatic rings. The lowest BCUT2D eigenvalue weighted by Gasteiger charge is -2.20. The number of benzene rings is 1. The molecule has 0 aliphatic heterocycles.